The number of imidazole rings is 1. The molecule has 14 heavy (non-hydrogen) atoms. The molecule has 1 aromatic heterocycles. The standard InChI is InChI=1S/C10H16N4/c1-9(2)14(7-4-5-11)10-12-6-8-13(10)3/h6,8-9H,4,7H2,1-3H3. The number of hydrogen-bond acceptors (Lipinski definition) is 3. The molecule has 4 nitrogen and oxygen atoms in total. The molecule has 4 heteroatoms. The quantitative estimate of drug-likeness (QED) is 0.727. The second-order valence-electron chi connectivity index (χ2n) is 3.53. The molecular weight excluding hydrogens is 176 g/mol. The lowest BCUT2D eigenvalue weighted by Crippen LogP contribution is -2.33. The van der Waals surface area contributed by atoms with Gasteiger partial charge in [0, 0.05) is 32.0 Å². The Hall–Kier alpha value is -1.50. The molecule has 0 saturated heterocycles. The fourth-order valence-corrected chi connectivity index (χ4v) is 1.39. The summed E-state index contributed by atoms with van der Waals surface area (Å²) in [6.07, 6.45) is 4.22. The summed E-state index contributed by atoms with van der Waals surface area (Å²) < 4.78 is 1.97. The zero-order chi connectivity index (χ0) is 10.6. The van der Waals surface area contributed by atoms with Crippen molar-refractivity contribution in [1.82, 2.24) is 9.55 Å². The van der Waals surface area contributed by atoms with E-state index in [-0.39, 0.29) is 0 Å². The molecule has 0 aliphatic carbocycles. The van der Waals surface area contributed by atoms with Crippen LogP contribution in [-0.4, -0.2) is 22.1 Å². The monoisotopic (exact) mass is 192 g/mol. The first-order valence-electron chi connectivity index (χ1n) is 4.77. The fraction of sp³-hybridized carbons (Fsp3) is 0.600. The third-order valence-electron chi connectivity index (χ3n) is 2.14. The van der Waals surface area contributed by atoms with Crippen LogP contribution in [0.25, 0.3) is 0 Å². The van der Waals surface area contributed by atoms with Crippen molar-refractivity contribution in [2.24, 2.45) is 7.05 Å². The maximum Gasteiger partial charge on any atom is 0.205 e. The minimum absolute atomic E-state index is 0.365. The number of hydrogen-bond donors (Lipinski definition) is 0. The van der Waals surface area contributed by atoms with E-state index in [0.29, 0.717) is 12.5 Å². The van der Waals surface area contributed by atoms with Crippen molar-refractivity contribution in [3.05, 3.63) is 12.4 Å². The SMILES string of the molecule is CC(C)N(CCC#N)c1nccn1C. The maximum atomic E-state index is 8.56. The van der Waals surface area contributed by atoms with Gasteiger partial charge in [-0.25, -0.2) is 4.98 Å². The van der Waals surface area contributed by atoms with Crippen LogP contribution in [0, 0.1) is 11.3 Å². The highest BCUT2D eigenvalue weighted by atomic mass is 15.3. The number of nitriles is 1. The predicted octanol–water partition coefficient (Wildman–Crippen LogP) is 1.55. The number of nitrogens with zero attached hydrogens (tertiary/aromatic N) is 4. The van der Waals surface area contributed by atoms with Gasteiger partial charge in [0.25, 0.3) is 0 Å². The van der Waals surface area contributed by atoms with E-state index in [1.165, 1.54) is 0 Å². The van der Waals surface area contributed by atoms with Gasteiger partial charge in [0.05, 0.1) is 12.5 Å². The predicted molar refractivity (Wildman–Crippen MR) is 55.9 cm³/mol. The van der Waals surface area contributed by atoms with Crippen LogP contribution in [0.3, 0.4) is 0 Å². The summed E-state index contributed by atoms with van der Waals surface area (Å²) in [6, 6.07) is 2.52. The molecule has 0 aliphatic rings. The Morgan fingerprint density at radius 1 is 1.64 bits per heavy atom. The Bertz CT molecular complexity index is 321. The largest absolute Gasteiger partial charge is 0.339 e. The van der Waals surface area contributed by atoms with Gasteiger partial charge in [-0.2, -0.15) is 5.26 Å². The number of aryl methyl sites for hydroxylation is 1. The Morgan fingerprint density at radius 3 is 2.79 bits per heavy atom. The molecule has 0 fully saturated rings. The lowest BCUT2D eigenvalue weighted by Gasteiger charge is -2.26. The molecule has 0 atom stereocenters. The van der Waals surface area contributed by atoms with Crippen molar-refractivity contribution in [3.8, 4) is 6.07 Å². The van der Waals surface area contributed by atoms with Crippen molar-refractivity contribution < 1.29 is 0 Å². The van der Waals surface area contributed by atoms with Crippen LogP contribution in [0.2, 0.25) is 0 Å². The van der Waals surface area contributed by atoms with Crippen LogP contribution in [-0.2, 0) is 7.05 Å². The highest BCUT2D eigenvalue weighted by molar-refractivity contribution is 5.32. The normalized spacial score (nSPS) is 10.2. The van der Waals surface area contributed by atoms with Crippen molar-refractivity contribution in [3.63, 3.8) is 0 Å². The highest BCUT2D eigenvalue weighted by Gasteiger charge is 2.13. The van der Waals surface area contributed by atoms with Crippen LogP contribution < -0.4 is 4.90 Å². The first-order chi connectivity index (χ1) is 6.66. The van der Waals surface area contributed by atoms with E-state index in [9.17, 15) is 0 Å². The summed E-state index contributed by atoms with van der Waals surface area (Å²) in [5, 5.41) is 8.56. The molecule has 0 saturated carbocycles. The Morgan fingerprint density at radius 2 is 2.36 bits per heavy atom. The van der Waals surface area contributed by atoms with Gasteiger partial charge in [-0.05, 0) is 13.8 Å². The van der Waals surface area contributed by atoms with E-state index >= 15 is 0 Å². The van der Waals surface area contributed by atoms with Crippen molar-refractivity contribution >= 4 is 5.95 Å². The summed E-state index contributed by atoms with van der Waals surface area (Å²) in [6.45, 7) is 4.94. The maximum absolute atomic E-state index is 8.56. The molecule has 0 aliphatic heterocycles. The van der Waals surface area contributed by atoms with Gasteiger partial charge < -0.3 is 9.47 Å². The van der Waals surface area contributed by atoms with E-state index < -0.39 is 0 Å². The molecule has 1 heterocycles. The molecule has 1 aromatic rings. The van der Waals surface area contributed by atoms with E-state index in [1.54, 1.807) is 6.20 Å². The minimum atomic E-state index is 0.365. The topological polar surface area (TPSA) is 44.9 Å². The molecule has 0 amide bonds. The summed E-state index contributed by atoms with van der Waals surface area (Å²) in [5.74, 6) is 0.926. The summed E-state index contributed by atoms with van der Waals surface area (Å²) >= 11 is 0. The van der Waals surface area contributed by atoms with E-state index in [2.05, 4.69) is 29.8 Å². The van der Waals surface area contributed by atoms with Crippen molar-refractivity contribution in [1.29, 1.82) is 5.26 Å². The van der Waals surface area contributed by atoms with Crippen LogP contribution in [0.15, 0.2) is 12.4 Å². The van der Waals surface area contributed by atoms with E-state index in [1.807, 2.05) is 17.8 Å². The van der Waals surface area contributed by atoms with Crippen LogP contribution >= 0.6 is 0 Å². The van der Waals surface area contributed by atoms with Gasteiger partial charge in [-0.1, -0.05) is 0 Å². The molecule has 0 N–H and O–H groups in total. The van der Waals surface area contributed by atoms with Gasteiger partial charge in [0.15, 0.2) is 0 Å². The molecule has 0 radical (unpaired) electrons. The molecule has 0 spiro atoms. The Labute approximate surface area is 84.8 Å². The molecular formula is C10H16N4. The van der Waals surface area contributed by atoms with Crippen LogP contribution in [0.4, 0.5) is 5.95 Å². The van der Waals surface area contributed by atoms with E-state index in [4.69, 9.17) is 5.26 Å². The van der Waals surface area contributed by atoms with Crippen LogP contribution in [0.1, 0.15) is 20.3 Å². The first kappa shape index (κ1) is 10.6. The summed E-state index contributed by atoms with van der Waals surface area (Å²) in [4.78, 5) is 6.40. The number of aromatic nitrogens is 2. The zero-order valence-electron chi connectivity index (χ0n) is 8.94. The molecule has 0 unspecified atom stereocenters. The van der Waals surface area contributed by atoms with Crippen molar-refractivity contribution in [2.75, 3.05) is 11.4 Å². The smallest absolute Gasteiger partial charge is 0.205 e. The van der Waals surface area contributed by atoms with Gasteiger partial charge in [0.2, 0.25) is 5.95 Å². The lowest BCUT2D eigenvalue weighted by atomic mass is 10.3. The van der Waals surface area contributed by atoms with Crippen LogP contribution in [0.5, 0.6) is 0 Å². The van der Waals surface area contributed by atoms with E-state index in [0.717, 1.165) is 12.5 Å². The molecule has 1 rings (SSSR count). The number of rotatable bonds is 4. The highest BCUT2D eigenvalue weighted by Crippen LogP contribution is 2.13. The Kier molecular flexibility index (Phi) is 3.52. The van der Waals surface area contributed by atoms with Gasteiger partial charge in [0.1, 0.15) is 0 Å². The second kappa shape index (κ2) is 4.66. The summed E-state index contributed by atoms with van der Waals surface area (Å²) in [5.41, 5.74) is 0. The fourth-order valence-electron chi connectivity index (χ4n) is 1.39. The third kappa shape index (κ3) is 2.25. The first-order valence-corrected chi connectivity index (χ1v) is 4.77. The van der Waals surface area contributed by atoms with Crippen molar-refractivity contribution in [2.45, 2.75) is 26.3 Å². The summed E-state index contributed by atoms with van der Waals surface area (Å²) in [7, 11) is 1.96. The van der Waals surface area contributed by atoms with Gasteiger partial charge in [-0.3, -0.25) is 0 Å². The van der Waals surface area contributed by atoms with Gasteiger partial charge in [-0.15, -0.1) is 0 Å². The minimum Gasteiger partial charge on any atom is -0.339 e. The molecule has 76 valence electrons. The molecule has 0 bridgehead atoms. The average molecular weight is 192 g/mol. The third-order valence-corrected chi connectivity index (χ3v) is 2.14. The van der Waals surface area contributed by atoms with Gasteiger partial charge >= 0.3 is 0 Å². The Balaban J connectivity index is 2.79. The zero-order valence-corrected chi connectivity index (χ0v) is 8.94. The second-order valence-corrected chi connectivity index (χ2v) is 3.53. The molecule has 0 aromatic carbocycles. The number of anilines is 1. The average Bonchev–Trinajstić information content (AvgIpc) is 2.52. The lowest BCUT2D eigenvalue weighted by molar-refractivity contribution is 0.650.